The lowest BCUT2D eigenvalue weighted by atomic mass is 9.89. The summed E-state index contributed by atoms with van der Waals surface area (Å²) >= 11 is 0. The van der Waals surface area contributed by atoms with Crippen molar-refractivity contribution in [3.63, 3.8) is 0 Å². The van der Waals surface area contributed by atoms with Crippen LogP contribution in [0.4, 0.5) is 10.5 Å². The number of para-hydroxylation sites is 1. The van der Waals surface area contributed by atoms with Crippen LogP contribution in [0, 0.1) is 5.92 Å². The van der Waals surface area contributed by atoms with E-state index in [1.54, 1.807) is 30.3 Å². The molecule has 13 heteroatoms. The van der Waals surface area contributed by atoms with E-state index in [2.05, 4.69) is 0 Å². The minimum absolute atomic E-state index is 0.00602. The van der Waals surface area contributed by atoms with Crippen LogP contribution in [0.25, 0.3) is 0 Å². The van der Waals surface area contributed by atoms with Gasteiger partial charge < -0.3 is 9.47 Å². The second-order valence-electron chi connectivity index (χ2n) is 8.41. The molecule has 204 valence electrons. The fourth-order valence-corrected chi connectivity index (χ4v) is 5.42. The van der Waals surface area contributed by atoms with Crippen molar-refractivity contribution in [2.24, 2.45) is 5.92 Å². The van der Waals surface area contributed by atoms with Gasteiger partial charge in [0.25, 0.3) is 0 Å². The normalized spacial score (nSPS) is 17.6. The molecule has 1 heterocycles. The number of urea groups is 1. The van der Waals surface area contributed by atoms with Gasteiger partial charge in [-0.15, -0.1) is 0 Å². The minimum atomic E-state index is -3.68. The van der Waals surface area contributed by atoms with Crippen LogP contribution in [-0.2, 0) is 38.7 Å². The van der Waals surface area contributed by atoms with Gasteiger partial charge in [-0.3, -0.25) is 33.3 Å². The van der Waals surface area contributed by atoms with Crippen LogP contribution >= 0.6 is 0 Å². The Morgan fingerprint density at radius 3 is 1.89 bits per heavy atom. The molecule has 0 spiro atoms. The molecule has 1 aliphatic heterocycles. The second kappa shape index (κ2) is 12.7. The Hall–Kier alpha value is -3.48. The molecule has 1 unspecified atom stereocenters. The van der Waals surface area contributed by atoms with E-state index in [4.69, 9.17) is 9.47 Å². The van der Waals surface area contributed by atoms with E-state index in [-0.39, 0.29) is 32.6 Å². The third kappa shape index (κ3) is 6.85. The fraction of sp³-hybridized carbons (Fsp3) is 0.542. The van der Waals surface area contributed by atoms with Gasteiger partial charge in [0.2, 0.25) is 21.8 Å². The van der Waals surface area contributed by atoms with Crippen molar-refractivity contribution in [3.8, 4) is 0 Å². The number of hydrogen-bond donors (Lipinski definition) is 0. The summed E-state index contributed by atoms with van der Waals surface area (Å²) in [6.07, 6.45) is 1.18. The maximum absolute atomic E-state index is 13.2. The van der Waals surface area contributed by atoms with E-state index >= 15 is 0 Å². The number of rotatable bonds is 11. The Kier molecular flexibility index (Phi) is 10.2. The highest BCUT2D eigenvalue weighted by molar-refractivity contribution is 7.92. The van der Waals surface area contributed by atoms with Crippen molar-refractivity contribution in [1.82, 2.24) is 9.80 Å². The summed E-state index contributed by atoms with van der Waals surface area (Å²) in [4.78, 5) is 65.5. The highest BCUT2D eigenvalue weighted by Crippen LogP contribution is 2.33. The third-order valence-corrected chi connectivity index (χ3v) is 7.04. The molecule has 0 radical (unpaired) electrons. The third-order valence-electron chi connectivity index (χ3n) is 5.84. The van der Waals surface area contributed by atoms with Crippen molar-refractivity contribution in [3.05, 3.63) is 30.3 Å². The zero-order chi connectivity index (χ0) is 27.9. The van der Waals surface area contributed by atoms with Gasteiger partial charge in [-0.2, -0.15) is 0 Å². The maximum Gasteiger partial charge on any atom is 0.334 e. The van der Waals surface area contributed by atoms with E-state index in [0.29, 0.717) is 10.6 Å². The summed E-state index contributed by atoms with van der Waals surface area (Å²) in [5.41, 5.74) is 0.425. The van der Waals surface area contributed by atoms with Crippen LogP contribution in [0.3, 0.4) is 0 Å². The summed E-state index contributed by atoms with van der Waals surface area (Å²) in [6, 6.07) is 4.89. The van der Waals surface area contributed by atoms with Crippen LogP contribution in [0.15, 0.2) is 30.3 Å². The molecule has 1 saturated heterocycles. The molecule has 0 saturated carbocycles. The second-order valence-corrected chi connectivity index (χ2v) is 10.3. The molecule has 4 amide bonds. The van der Waals surface area contributed by atoms with Gasteiger partial charge >= 0.3 is 18.0 Å². The first-order chi connectivity index (χ1) is 17.4. The molecule has 0 aromatic heterocycles. The molecular formula is C24H33N3O9S. The van der Waals surface area contributed by atoms with Crippen LogP contribution < -0.4 is 4.31 Å². The topological polar surface area (TPSA) is 148 Å². The molecule has 0 aliphatic carbocycles. The SMILES string of the molecule is CCOC(=O)C(C(=O)OCC)C1[C@@H](CCCN(c2ccccc2)S(C)(=O)=O)N(C(C)=O)C(=O)N1C(C)=O. The standard InChI is InChI=1S/C24H33N3O9S/c1-6-35-22(30)20(23(31)36-7-2)21-19(26(16(3)28)24(32)27(21)17(4)29)14-11-15-25(37(5,33)34)18-12-9-8-10-13-18/h8-10,12-13,19-21H,6-7,11,14-15H2,1-5H3/t19-,21?/m1/s1. The number of sulfonamides is 1. The predicted molar refractivity (Wildman–Crippen MR) is 133 cm³/mol. The smallest absolute Gasteiger partial charge is 0.334 e. The number of esters is 2. The van der Waals surface area contributed by atoms with Crippen LogP contribution in [0.1, 0.15) is 40.5 Å². The largest absolute Gasteiger partial charge is 0.465 e. The number of hydrogen-bond acceptors (Lipinski definition) is 9. The quantitative estimate of drug-likeness (QED) is 0.302. The highest BCUT2D eigenvalue weighted by atomic mass is 32.2. The fourth-order valence-electron chi connectivity index (χ4n) is 4.46. The highest BCUT2D eigenvalue weighted by Gasteiger charge is 2.57. The predicted octanol–water partition coefficient (Wildman–Crippen LogP) is 1.54. The van der Waals surface area contributed by atoms with E-state index in [9.17, 15) is 32.4 Å². The number of ether oxygens (including phenoxy) is 2. The zero-order valence-corrected chi connectivity index (χ0v) is 22.4. The Morgan fingerprint density at radius 1 is 0.946 bits per heavy atom. The number of carbonyl (C=O) groups is 5. The van der Waals surface area contributed by atoms with Gasteiger partial charge in [-0.25, -0.2) is 13.2 Å². The van der Waals surface area contributed by atoms with E-state index in [1.165, 1.54) is 18.2 Å². The van der Waals surface area contributed by atoms with Crippen LogP contribution in [-0.4, -0.2) is 86.1 Å². The van der Waals surface area contributed by atoms with Crippen molar-refractivity contribution in [1.29, 1.82) is 0 Å². The first-order valence-corrected chi connectivity index (χ1v) is 13.7. The van der Waals surface area contributed by atoms with Gasteiger partial charge in [0.1, 0.15) is 0 Å². The van der Waals surface area contributed by atoms with Crippen molar-refractivity contribution >= 4 is 45.5 Å². The average molecular weight is 540 g/mol. The van der Waals surface area contributed by atoms with Crippen molar-refractivity contribution in [2.45, 2.75) is 52.6 Å². The van der Waals surface area contributed by atoms with Gasteiger partial charge in [0.05, 0.1) is 37.2 Å². The van der Waals surface area contributed by atoms with E-state index in [1.807, 2.05) is 0 Å². The molecule has 1 aromatic carbocycles. The molecular weight excluding hydrogens is 506 g/mol. The van der Waals surface area contributed by atoms with Crippen LogP contribution in [0.2, 0.25) is 0 Å². The average Bonchev–Trinajstić information content (AvgIpc) is 3.08. The number of amides is 4. The lowest BCUT2D eigenvalue weighted by Crippen LogP contribution is -2.52. The molecule has 2 rings (SSSR count). The molecule has 2 atom stereocenters. The molecule has 12 nitrogen and oxygen atoms in total. The summed E-state index contributed by atoms with van der Waals surface area (Å²) in [7, 11) is -3.68. The van der Waals surface area contributed by atoms with E-state index < -0.39 is 57.8 Å². The van der Waals surface area contributed by atoms with E-state index in [0.717, 1.165) is 25.0 Å². The minimum Gasteiger partial charge on any atom is -0.465 e. The Balaban J connectivity index is 2.49. The zero-order valence-electron chi connectivity index (χ0n) is 21.6. The Labute approximate surface area is 216 Å². The van der Waals surface area contributed by atoms with Crippen molar-refractivity contribution < 1.29 is 41.9 Å². The first-order valence-electron chi connectivity index (χ1n) is 11.9. The summed E-state index contributed by atoms with van der Waals surface area (Å²) in [5, 5.41) is 0. The number of carbonyl (C=O) groups excluding carboxylic acids is 5. The lowest BCUT2D eigenvalue weighted by molar-refractivity contribution is -0.165. The lowest BCUT2D eigenvalue weighted by Gasteiger charge is -2.31. The Morgan fingerprint density at radius 2 is 1.46 bits per heavy atom. The molecule has 1 aromatic rings. The Bertz CT molecular complexity index is 1110. The molecule has 37 heavy (non-hydrogen) atoms. The van der Waals surface area contributed by atoms with Gasteiger partial charge in [0, 0.05) is 20.4 Å². The molecule has 1 fully saturated rings. The van der Waals surface area contributed by atoms with Crippen molar-refractivity contribution in [2.75, 3.05) is 30.3 Å². The number of nitrogens with zero attached hydrogens (tertiary/aromatic N) is 3. The summed E-state index contributed by atoms with van der Waals surface area (Å²) in [5.74, 6) is -5.16. The molecule has 1 aliphatic rings. The first kappa shape index (κ1) is 29.7. The van der Waals surface area contributed by atoms with Gasteiger partial charge in [-0.05, 0) is 38.8 Å². The summed E-state index contributed by atoms with van der Waals surface area (Å²) in [6.45, 7) is 5.11. The number of imide groups is 2. The molecule has 0 bridgehead atoms. The number of benzene rings is 1. The van der Waals surface area contributed by atoms with Crippen LogP contribution in [0.5, 0.6) is 0 Å². The summed E-state index contributed by atoms with van der Waals surface area (Å²) < 4.78 is 36.2. The van der Waals surface area contributed by atoms with Gasteiger partial charge in [-0.1, -0.05) is 18.2 Å². The van der Waals surface area contributed by atoms with Gasteiger partial charge in [0.15, 0.2) is 5.92 Å². The number of anilines is 1. The molecule has 0 N–H and O–H groups in total. The maximum atomic E-state index is 13.2. The monoisotopic (exact) mass is 539 g/mol.